The number of hydrogen-bond acceptors (Lipinski definition) is 2. The maximum atomic E-state index is 12.3. The molecule has 1 aliphatic rings. The van der Waals surface area contributed by atoms with Gasteiger partial charge in [0.25, 0.3) is 5.91 Å². The number of nitrogens with zero attached hydrogens (tertiary/aromatic N) is 1. The monoisotopic (exact) mass is 275 g/mol. The lowest BCUT2D eigenvalue weighted by atomic mass is 9.97. The Morgan fingerprint density at radius 1 is 1.30 bits per heavy atom. The van der Waals surface area contributed by atoms with E-state index in [-0.39, 0.29) is 12.5 Å². The lowest BCUT2D eigenvalue weighted by molar-refractivity contribution is -0.139. The highest BCUT2D eigenvalue weighted by Gasteiger charge is 2.28. The number of amides is 1. The van der Waals surface area contributed by atoms with Crippen LogP contribution in [0.15, 0.2) is 24.3 Å². The third kappa shape index (κ3) is 3.53. The molecule has 0 bridgehead atoms. The fraction of sp³-hybridized carbons (Fsp3) is 0.588. The molecule has 0 aliphatic carbocycles. The molecule has 110 valence electrons. The quantitative estimate of drug-likeness (QED) is 0.842. The van der Waals surface area contributed by atoms with Crippen LogP contribution in [0.4, 0.5) is 0 Å². The van der Waals surface area contributed by atoms with E-state index in [9.17, 15) is 4.79 Å². The lowest BCUT2D eigenvalue weighted by Crippen LogP contribution is -2.49. The van der Waals surface area contributed by atoms with Gasteiger partial charge in [0.1, 0.15) is 5.75 Å². The van der Waals surface area contributed by atoms with Crippen molar-refractivity contribution in [2.24, 2.45) is 0 Å². The standard InChI is InChI=1S/C17H25NO2/c1-4-15-9-6-10-16(11-15)20-12-17(19)18-13(2)7-5-8-14(18)3/h6,9-11,13-14H,4-5,7-8,12H2,1-3H3. The Kier molecular flexibility index (Phi) is 5.05. The molecule has 0 N–H and O–H groups in total. The predicted octanol–water partition coefficient (Wildman–Crippen LogP) is 3.42. The maximum absolute atomic E-state index is 12.3. The average Bonchev–Trinajstić information content (AvgIpc) is 2.45. The minimum Gasteiger partial charge on any atom is -0.484 e. The number of carbonyl (C=O) groups is 1. The number of benzene rings is 1. The minimum atomic E-state index is 0.103. The van der Waals surface area contributed by atoms with E-state index in [4.69, 9.17) is 4.74 Å². The van der Waals surface area contributed by atoms with Gasteiger partial charge < -0.3 is 9.64 Å². The molecule has 0 aromatic heterocycles. The zero-order valence-corrected chi connectivity index (χ0v) is 12.8. The summed E-state index contributed by atoms with van der Waals surface area (Å²) in [5, 5.41) is 0. The molecule has 1 aromatic carbocycles. The van der Waals surface area contributed by atoms with Gasteiger partial charge in [-0.15, -0.1) is 0 Å². The summed E-state index contributed by atoms with van der Waals surface area (Å²) in [6.45, 7) is 6.51. The van der Waals surface area contributed by atoms with Gasteiger partial charge in [-0.1, -0.05) is 19.1 Å². The second kappa shape index (κ2) is 6.78. The van der Waals surface area contributed by atoms with E-state index in [1.165, 1.54) is 12.0 Å². The summed E-state index contributed by atoms with van der Waals surface area (Å²) in [5.74, 6) is 0.890. The molecule has 1 fully saturated rings. The van der Waals surface area contributed by atoms with Crippen LogP contribution in [-0.2, 0) is 11.2 Å². The normalized spacial score (nSPS) is 22.6. The van der Waals surface area contributed by atoms with Crippen molar-refractivity contribution in [1.29, 1.82) is 0 Å². The summed E-state index contributed by atoms with van der Waals surface area (Å²) in [6.07, 6.45) is 4.39. The number of likely N-dealkylation sites (tertiary alicyclic amines) is 1. The van der Waals surface area contributed by atoms with Gasteiger partial charge in [0.2, 0.25) is 0 Å². The second-order valence-corrected chi connectivity index (χ2v) is 5.72. The Bertz CT molecular complexity index is 448. The molecule has 1 saturated heterocycles. The van der Waals surface area contributed by atoms with Gasteiger partial charge in [0.15, 0.2) is 6.61 Å². The summed E-state index contributed by atoms with van der Waals surface area (Å²) >= 11 is 0. The number of piperidine rings is 1. The molecule has 1 aliphatic heterocycles. The maximum Gasteiger partial charge on any atom is 0.260 e. The van der Waals surface area contributed by atoms with Gasteiger partial charge in [-0.3, -0.25) is 4.79 Å². The molecule has 3 heteroatoms. The Hall–Kier alpha value is -1.51. The zero-order valence-electron chi connectivity index (χ0n) is 12.8. The predicted molar refractivity (Wildman–Crippen MR) is 80.9 cm³/mol. The van der Waals surface area contributed by atoms with Gasteiger partial charge in [0.05, 0.1) is 0 Å². The van der Waals surface area contributed by atoms with Crippen molar-refractivity contribution in [2.45, 2.75) is 58.5 Å². The second-order valence-electron chi connectivity index (χ2n) is 5.72. The van der Waals surface area contributed by atoms with E-state index in [0.717, 1.165) is 25.0 Å². The van der Waals surface area contributed by atoms with E-state index in [1.54, 1.807) is 0 Å². The largest absolute Gasteiger partial charge is 0.484 e. The first-order chi connectivity index (χ1) is 9.61. The average molecular weight is 275 g/mol. The van der Waals surface area contributed by atoms with Crippen LogP contribution in [0.3, 0.4) is 0 Å². The van der Waals surface area contributed by atoms with Crippen LogP contribution in [0.2, 0.25) is 0 Å². The van der Waals surface area contributed by atoms with Crippen molar-refractivity contribution in [1.82, 2.24) is 4.90 Å². The first kappa shape index (κ1) is 14.9. The van der Waals surface area contributed by atoms with Crippen molar-refractivity contribution in [3.63, 3.8) is 0 Å². The Balaban J connectivity index is 1.94. The van der Waals surface area contributed by atoms with Crippen molar-refractivity contribution in [3.05, 3.63) is 29.8 Å². The first-order valence-corrected chi connectivity index (χ1v) is 7.64. The number of ether oxygens (including phenoxy) is 1. The summed E-state index contributed by atoms with van der Waals surface area (Å²) < 4.78 is 5.67. The van der Waals surface area contributed by atoms with Crippen LogP contribution in [0.25, 0.3) is 0 Å². The van der Waals surface area contributed by atoms with Crippen LogP contribution >= 0.6 is 0 Å². The Morgan fingerprint density at radius 2 is 2.00 bits per heavy atom. The molecule has 0 spiro atoms. The van der Waals surface area contributed by atoms with E-state index in [2.05, 4.69) is 26.8 Å². The number of hydrogen-bond donors (Lipinski definition) is 0. The van der Waals surface area contributed by atoms with Gasteiger partial charge >= 0.3 is 0 Å². The fourth-order valence-corrected chi connectivity index (χ4v) is 2.99. The van der Waals surface area contributed by atoms with Crippen LogP contribution in [0.1, 0.15) is 45.6 Å². The smallest absolute Gasteiger partial charge is 0.260 e. The summed E-state index contributed by atoms with van der Waals surface area (Å²) in [4.78, 5) is 14.3. The molecule has 0 saturated carbocycles. The molecular formula is C17H25NO2. The highest BCUT2D eigenvalue weighted by Crippen LogP contribution is 2.23. The van der Waals surface area contributed by atoms with Crippen molar-refractivity contribution < 1.29 is 9.53 Å². The zero-order chi connectivity index (χ0) is 14.5. The third-order valence-corrected chi connectivity index (χ3v) is 4.15. The van der Waals surface area contributed by atoms with E-state index >= 15 is 0 Å². The minimum absolute atomic E-state index is 0.103. The van der Waals surface area contributed by atoms with Crippen LogP contribution in [0.5, 0.6) is 5.75 Å². The number of rotatable bonds is 4. The molecule has 2 unspecified atom stereocenters. The van der Waals surface area contributed by atoms with E-state index < -0.39 is 0 Å². The lowest BCUT2D eigenvalue weighted by Gasteiger charge is -2.38. The van der Waals surface area contributed by atoms with Gasteiger partial charge in [0, 0.05) is 12.1 Å². The van der Waals surface area contributed by atoms with Crippen molar-refractivity contribution in [2.75, 3.05) is 6.61 Å². The molecule has 0 radical (unpaired) electrons. The Morgan fingerprint density at radius 3 is 2.65 bits per heavy atom. The highest BCUT2D eigenvalue weighted by molar-refractivity contribution is 5.78. The van der Waals surface area contributed by atoms with Crippen LogP contribution in [0, 0.1) is 0 Å². The molecule has 2 atom stereocenters. The number of carbonyl (C=O) groups excluding carboxylic acids is 1. The SMILES string of the molecule is CCc1cccc(OCC(=O)N2C(C)CCCC2C)c1. The van der Waals surface area contributed by atoms with Gasteiger partial charge in [-0.25, -0.2) is 0 Å². The number of aryl methyl sites for hydroxylation is 1. The molecule has 1 amide bonds. The van der Waals surface area contributed by atoms with Crippen LogP contribution in [-0.4, -0.2) is 29.5 Å². The summed E-state index contributed by atoms with van der Waals surface area (Å²) in [7, 11) is 0. The highest BCUT2D eigenvalue weighted by atomic mass is 16.5. The summed E-state index contributed by atoms with van der Waals surface area (Å²) in [5.41, 5.74) is 1.23. The van der Waals surface area contributed by atoms with Crippen molar-refractivity contribution >= 4 is 5.91 Å². The topological polar surface area (TPSA) is 29.5 Å². The first-order valence-electron chi connectivity index (χ1n) is 7.64. The Labute approximate surface area is 121 Å². The third-order valence-electron chi connectivity index (χ3n) is 4.15. The molecule has 2 rings (SSSR count). The van der Waals surface area contributed by atoms with E-state index in [1.807, 2.05) is 23.1 Å². The van der Waals surface area contributed by atoms with Crippen molar-refractivity contribution in [3.8, 4) is 5.75 Å². The van der Waals surface area contributed by atoms with Crippen LogP contribution < -0.4 is 4.74 Å². The molecular weight excluding hydrogens is 250 g/mol. The fourth-order valence-electron chi connectivity index (χ4n) is 2.99. The molecule has 1 heterocycles. The molecule has 3 nitrogen and oxygen atoms in total. The summed E-state index contributed by atoms with van der Waals surface area (Å²) in [6, 6.07) is 8.63. The van der Waals surface area contributed by atoms with Gasteiger partial charge in [-0.2, -0.15) is 0 Å². The van der Waals surface area contributed by atoms with E-state index in [0.29, 0.717) is 12.1 Å². The molecule has 20 heavy (non-hydrogen) atoms. The molecule has 1 aromatic rings. The van der Waals surface area contributed by atoms with Gasteiger partial charge in [-0.05, 0) is 57.2 Å².